The third kappa shape index (κ3) is 2.31. The molecule has 94 valence electrons. The van der Waals surface area contributed by atoms with Gasteiger partial charge < -0.3 is 10.1 Å². The summed E-state index contributed by atoms with van der Waals surface area (Å²) in [5, 5.41) is 2.67. The van der Waals surface area contributed by atoms with Crippen LogP contribution in [-0.2, 0) is 9.53 Å². The van der Waals surface area contributed by atoms with E-state index < -0.39 is 12.1 Å². The van der Waals surface area contributed by atoms with E-state index in [1.807, 2.05) is 24.3 Å². The number of cyclic esters (lactones) is 1. The number of ketones is 1. The molecule has 0 aromatic heterocycles. The Labute approximate surface area is 113 Å². The smallest absolute Gasteiger partial charge is 0.413 e. The number of Topliss-reactive ketones (excluding diaryl/α,β-unsaturated/α-hetero) is 1. The Balaban J connectivity index is 2.54. The number of alkyl carbamates (subject to hydrolysis) is 1. The molecule has 0 saturated carbocycles. The van der Waals surface area contributed by atoms with Gasteiger partial charge in [0.2, 0.25) is 0 Å². The molecule has 5 heteroatoms. The minimum atomic E-state index is -0.543. The average molecular weight is 310 g/mol. The number of nitrogens with one attached hydrogen (secondary N) is 1. The Hall–Kier alpha value is -1.62. The molecular weight excluding hydrogens is 298 g/mol. The Morgan fingerprint density at radius 2 is 2.06 bits per heavy atom. The van der Waals surface area contributed by atoms with E-state index in [9.17, 15) is 9.59 Å². The number of halogens is 1. The van der Waals surface area contributed by atoms with Gasteiger partial charge in [0.15, 0.2) is 5.78 Å². The Kier molecular flexibility index (Phi) is 3.52. The molecule has 0 aliphatic carbocycles. The third-order valence-electron chi connectivity index (χ3n) is 2.77. The van der Waals surface area contributed by atoms with E-state index in [1.165, 1.54) is 6.92 Å². The lowest BCUT2D eigenvalue weighted by atomic mass is 9.94. The van der Waals surface area contributed by atoms with Gasteiger partial charge in [0.05, 0.1) is 11.6 Å². The van der Waals surface area contributed by atoms with Crippen LogP contribution in [0.2, 0.25) is 0 Å². The number of carbonyl (C=O) groups excluding carboxylic acids is 2. The summed E-state index contributed by atoms with van der Waals surface area (Å²) in [7, 11) is 0. The van der Waals surface area contributed by atoms with Crippen LogP contribution in [0.4, 0.5) is 4.79 Å². The molecule has 4 nitrogen and oxygen atoms in total. The molecule has 1 aliphatic rings. The van der Waals surface area contributed by atoms with Crippen LogP contribution in [0.25, 0.3) is 0 Å². The van der Waals surface area contributed by atoms with Gasteiger partial charge in [0.25, 0.3) is 0 Å². The van der Waals surface area contributed by atoms with Crippen LogP contribution in [0, 0.1) is 0 Å². The van der Waals surface area contributed by atoms with Gasteiger partial charge in [-0.15, -0.1) is 0 Å². The Bertz CT molecular complexity index is 551. The minimum absolute atomic E-state index is 0.117. The van der Waals surface area contributed by atoms with E-state index in [0.29, 0.717) is 11.3 Å². The fourth-order valence-corrected chi connectivity index (χ4v) is 2.52. The van der Waals surface area contributed by atoms with Crippen LogP contribution in [0.3, 0.4) is 0 Å². The van der Waals surface area contributed by atoms with Crippen molar-refractivity contribution in [2.24, 2.45) is 0 Å². The van der Waals surface area contributed by atoms with Crippen molar-refractivity contribution >= 4 is 27.8 Å². The van der Waals surface area contributed by atoms with Crippen LogP contribution < -0.4 is 5.32 Å². The first kappa shape index (κ1) is 12.8. The van der Waals surface area contributed by atoms with Gasteiger partial charge in [-0.1, -0.05) is 34.1 Å². The van der Waals surface area contributed by atoms with Crippen molar-refractivity contribution in [3.05, 3.63) is 45.6 Å². The molecule has 0 fully saturated rings. The number of ether oxygens (including phenoxy) is 1. The summed E-state index contributed by atoms with van der Waals surface area (Å²) in [6.45, 7) is 3.09. The number of amides is 1. The molecule has 1 unspecified atom stereocenters. The van der Waals surface area contributed by atoms with E-state index in [-0.39, 0.29) is 5.78 Å². The molecule has 0 spiro atoms. The second-order valence-corrected chi connectivity index (χ2v) is 4.87. The summed E-state index contributed by atoms with van der Waals surface area (Å²) in [6, 6.07) is 6.98. The maximum absolute atomic E-state index is 11.7. The monoisotopic (exact) mass is 309 g/mol. The fourth-order valence-electron chi connectivity index (χ4n) is 2.01. The zero-order valence-corrected chi connectivity index (χ0v) is 11.6. The number of benzene rings is 1. The molecule has 1 atom stereocenters. The maximum atomic E-state index is 11.7. The van der Waals surface area contributed by atoms with Crippen molar-refractivity contribution in [1.29, 1.82) is 0 Å². The van der Waals surface area contributed by atoms with Crippen LogP contribution in [0.1, 0.15) is 25.5 Å². The average Bonchev–Trinajstić information content (AvgIpc) is 2.27. The molecule has 0 bridgehead atoms. The Morgan fingerprint density at radius 1 is 1.39 bits per heavy atom. The molecular formula is C13H12BrNO3. The van der Waals surface area contributed by atoms with Crippen LogP contribution >= 0.6 is 15.9 Å². The van der Waals surface area contributed by atoms with E-state index >= 15 is 0 Å². The fraction of sp³-hybridized carbons (Fsp3) is 0.231. The SMILES string of the molecule is CC(=O)C1=C(C)OC(=O)NC1c1ccccc1Br. The zero-order chi connectivity index (χ0) is 13.3. The summed E-state index contributed by atoms with van der Waals surface area (Å²) in [5.41, 5.74) is 1.31. The van der Waals surface area contributed by atoms with Crippen molar-refractivity contribution < 1.29 is 14.3 Å². The number of hydrogen-bond donors (Lipinski definition) is 1. The first-order chi connectivity index (χ1) is 8.50. The number of carbonyl (C=O) groups is 2. The highest BCUT2D eigenvalue weighted by molar-refractivity contribution is 9.10. The lowest BCUT2D eigenvalue weighted by Crippen LogP contribution is -2.37. The quantitative estimate of drug-likeness (QED) is 0.913. The van der Waals surface area contributed by atoms with E-state index in [4.69, 9.17) is 4.74 Å². The standard InChI is InChI=1S/C13H12BrNO3/c1-7(16)11-8(2)18-13(17)15-12(11)9-5-3-4-6-10(9)14/h3-6,12H,1-2H3,(H,15,17). The lowest BCUT2D eigenvalue weighted by Gasteiger charge is -2.27. The highest BCUT2D eigenvalue weighted by atomic mass is 79.9. The van der Waals surface area contributed by atoms with Crippen molar-refractivity contribution in [3.63, 3.8) is 0 Å². The lowest BCUT2D eigenvalue weighted by molar-refractivity contribution is -0.114. The number of rotatable bonds is 2. The van der Waals surface area contributed by atoms with Gasteiger partial charge in [0.1, 0.15) is 5.76 Å². The van der Waals surface area contributed by atoms with Gasteiger partial charge in [-0.2, -0.15) is 0 Å². The summed E-state index contributed by atoms with van der Waals surface area (Å²) >= 11 is 3.42. The van der Waals surface area contributed by atoms with Gasteiger partial charge in [-0.25, -0.2) is 4.79 Å². The highest BCUT2D eigenvalue weighted by Gasteiger charge is 2.31. The van der Waals surface area contributed by atoms with Crippen molar-refractivity contribution in [3.8, 4) is 0 Å². The molecule has 0 radical (unpaired) electrons. The third-order valence-corrected chi connectivity index (χ3v) is 3.49. The number of allylic oxidation sites excluding steroid dienone is 1. The van der Waals surface area contributed by atoms with Crippen molar-refractivity contribution in [1.82, 2.24) is 5.32 Å². The van der Waals surface area contributed by atoms with E-state index in [2.05, 4.69) is 21.2 Å². The molecule has 0 saturated heterocycles. The summed E-state index contributed by atoms with van der Waals surface area (Å²) in [6.07, 6.45) is -0.543. The van der Waals surface area contributed by atoms with Crippen LogP contribution in [0.5, 0.6) is 0 Å². The molecule has 1 aromatic rings. The van der Waals surface area contributed by atoms with Gasteiger partial charge in [-0.05, 0) is 25.5 Å². The number of hydrogen-bond acceptors (Lipinski definition) is 3. The normalized spacial score (nSPS) is 19.3. The van der Waals surface area contributed by atoms with Crippen LogP contribution in [-0.4, -0.2) is 11.9 Å². The van der Waals surface area contributed by atoms with Crippen molar-refractivity contribution in [2.45, 2.75) is 19.9 Å². The van der Waals surface area contributed by atoms with Gasteiger partial charge >= 0.3 is 6.09 Å². The minimum Gasteiger partial charge on any atom is -0.415 e. The second-order valence-electron chi connectivity index (χ2n) is 4.01. The van der Waals surface area contributed by atoms with E-state index in [1.54, 1.807) is 6.92 Å². The topological polar surface area (TPSA) is 55.4 Å². The second kappa shape index (κ2) is 4.94. The molecule has 1 amide bonds. The first-order valence-corrected chi connectivity index (χ1v) is 6.24. The van der Waals surface area contributed by atoms with Gasteiger partial charge in [0, 0.05) is 4.47 Å². The molecule has 1 aromatic carbocycles. The first-order valence-electron chi connectivity index (χ1n) is 5.45. The molecule has 18 heavy (non-hydrogen) atoms. The molecule has 1 aliphatic heterocycles. The van der Waals surface area contributed by atoms with E-state index in [0.717, 1.165) is 10.0 Å². The van der Waals surface area contributed by atoms with Crippen LogP contribution in [0.15, 0.2) is 40.1 Å². The molecule has 2 rings (SSSR count). The van der Waals surface area contributed by atoms with Crippen molar-refractivity contribution in [2.75, 3.05) is 0 Å². The molecule has 1 heterocycles. The van der Waals surface area contributed by atoms with Gasteiger partial charge in [-0.3, -0.25) is 4.79 Å². The summed E-state index contributed by atoms with van der Waals surface area (Å²) < 4.78 is 5.78. The summed E-state index contributed by atoms with van der Waals surface area (Å²) in [4.78, 5) is 23.1. The largest absolute Gasteiger partial charge is 0.415 e. The highest BCUT2D eigenvalue weighted by Crippen LogP contribution is 2.33. The Morgan fingerprint density at radius 3 is 2.67 bits per heavy atom. The predicted molar refractivity (Wildman–Crippen MR) is 69.9 cm³/mol. The summed E-state index contributed by atoms with van der Waals surface area (Å²) in [5.74, 6) is 0.236. The maximum Gasteiger partial charge on any atom is 0.413 e. The zero-order valence-electron chi connectivity index (χ0n) is 9.99. The predicted octanol–water partition coefficient (Wildman–Crippen LogP) is 3.09. The molecule has 1 N–H and O–H groups in total.